The van der Waals surface area contributed by atoms with E-state index in [0.717, 1.165) is 5.56 Å². The molecule has 4 N–H and O–H groups in total. The van der Waals surface area contributed by atoms with Gasteiger partial charge in [0.2, 0.25) is 0 Å². The third kappa shape index (κ3) is 6.86. The fourth-order valence-electron chi connectivity index (χ4n) is 3.48. The summed E-state index contributed by atoms with van der Waals surface area (Å²) in [6.45, 7) is 1.53. The van der Waals surface area contributed by atoms with Gasteiger partial charge in [-0.1, -0.05) is 29.7 Å². The largest absolute Gasteiger partial charge is 0.493 e. The van der Waals surface area contributed by atoms with Crippen molar-refractivity contribution in [1.29, 1.82) is 0 Å². The van der Waals surface area contributed by atoms with Crippen LogP contribution in [0.25, 0.3) is 10.9 Å². The quantitative estimate of drug-likeness (QED) is 0.109. The maximum Gasteiger partial charge on any atom is 0.319 e. The fraction of sp³-hybridized carbons (Fsp3) is 0.148. The molecule has 4 aromatic rings. The number of hydrogen-bond donors (Lipinski definition) is 4. The van der Waals surface area contributed by atoms with Gasteiger partial charge in [0, 0.05) is 41.7 Å². The first-order valence-corrected chi connectivity index (χ1v) is 11.8. The Labute approximate surface area is 222 Å². The second-order valence-electron chi connectivity index (χ2n) is 7.91. The summed E-state index contributed by atoms with van der Waals surface area (Å²) in [7, 11) is 1.55. The molecule has 0 aliphatic carbocycles. The lowest BCUT2D eigenvalue weighted by atomic mass is 10.1. The van der Waals surface area contributed by atoms with Crippen molar-refractivity contribution in [1.82, 2.24) is 20.8 Å². The van der Waals surface area contributed by atoms with E-state index in [1.807, 2.05) is 12.1 Å². The standard InChI is InChI=1S/C27H23ClFN5O4/c1-37-24-14-23-20(27(32-16-31-23)33-19-7-8-22(29)21(28)12-19)13-25(24)38-11-10-30-15-18-4-2-17(3-5-18)6-9-26(35)34-36/h2-5,7-8,12-14,16,30,36H,10-11,15H2,1H3,(H,34,35)(H,31,32,33). The van der Waals surface area contributed by atoms with Crippen LogP contribution in [0.5, 0.6) is 11.5 Å². The van der Waals surface area contributed by atoms with Crippen LogP contribution in [0.2, 0.25) is 5.02 Å². The van der Waals surface area contributed by atoms with E-state index >= 15 is 0 Å². The van der Waals surface area contributed by atoms with E-state index in [1.165, 1.54) is 23.9 Å². The summed E-state index contributed by atoms with van der Waals surface area (Å²) in [6, 6.07) is 15.2. The average molecular weight is 536 g/mol. The number of rotatable bonds is 9. The lowest BCUT2D eigenvalue weighted by Crippen LogP contribution is -2.20. The van der Waals surface area contributed by atoms with Crippen molar-refractivity contribution in [3.63, 3.8) is 0 Å². The van der Waals surface area contributed by atoms with Gasteiger partial charge in [0.25, 0.3) is 0 Å². The Bertz CT molecular complexity index is 1510. The molecule has 1 heterocycles. The lowest BCUT2D eigenvalue weighted by molar-refractivity contribution is -0.123. The second-order valence-corrected chi connectivity index (χ2v) is 8.32. The van der Waals surface area contributed by atoms with E-state index in [9.17, 15) is 9.18 Å². The molecule has 38 heavy (non-hydrogen) atoms. The van der Waals surface area contributed by atoms with Crippen molar-refractivity contribution < 1.29 is 23.9 Å². The van der Waals surface area contributed by atoms with E-state index in [0.29, 0.717) is 59.2 Å². The van der Waals surface area contributed by atoms with Gasteiger partial charge in [0.15, 0.2) is 11.5 Å². The molecule has 1 aromatic heterocycles. The van der Waals surface area contributed by atoms with Gasteiger partial charge in [-0.3, -0.25) is 10.0 Å². The number of carbonyl (C=O) groups excluding carboxylic acids is 1. The Hall–Kier alpha value is -4.43. The average Bonchev–Trinajstić information content (AvgIpc) is 2.94. The van der Waals surface area contributed by atoms with Crippen LogP contribution >= 0.6 is 11.6 Å². The lowest BCUT2D eigenvalue weighted by Gasteiger charge is -2.14. The Balaban J connectivity index is 1.38. The zero-order valence-electron chi connectivity index (χ0n) is 20.2. The molecule has 0 aliphatic rings. The van der Waals surface area contributed by atoms with Crippen molar-refractivity contribution in [2.45, 2.75) is 6.54 Å². The molecule has 0 atom stereocenters. The highest BCUT2D eigenvalue weighted by Gasteiger charge is 2.12. The molecule has 194 valence electrons. The Morgan fingerprint density at radius 2 is 1.92 bits per heavy atom. The van der Waals surface area contributed by atoms with Gasteiger partial charge in [-0.15, -0.1) is 0 Å². The van der Waals surface area contributed by atoms with Crippen molar-refractivity contribution in [3.05, 3.63) is 82.9 Å². The summed E-state index contributed by atoms with van der Waals surface area (Å²) in [6.07, 6.45) is 1.42. The van der Waals surface area contributed by atoms with E-state index in [-0.39, 0.29) is 5.02 Å². The third-order valence-corrected chi connectivity index (χ3v) is 5.63. The molecule has 3 aromatic carbocycles. The molecule has 0 unspecified atom stereocenters. The minimum atomic E-state index is -0.767. The number of halogens is 2. The van der Waals surface area contributed by atoms with Crippen LogP contribution in [-0.2, 0) is 11.3 Å². The normalized spacial score (nSPS) is 10.4. The zero-order valence-corrected chi connectivity index (χ0v) is 21.0. The summed E-state index contributed by atoms with van der Waals surface area (Å²) in [5, 5.41) is 15.6. The minimum absolute atomic E-state index is 0.00302. The topological polar surface area (TPSA) is 118 Å². The van der Waals surface area contributed by atoms with Gasteiger partial charge in [-0.2, -0.15) is 0 Å². The molecule has 0 bridgehead atoms. The first kappa shape index (κ1) is 26.6. The number of hydroxylamine groups is 1. The predicted molar refractivity (Wildman–Crippen MR) is 141 cm³/mol. The van der Waals surface area contributed by atoms with Crippen molar-refractivity contribution >= 4 is 39.9 Å². The minimum Gasteiger partial charge on any atom is -0.493 e. The van der Waals surface area contributed by atoms with Gasteiger partial charge >= 0.3 is 5.91 Å². The van der Waals surface area contributed by atoms with Gasteiger partial charge in [-0.05, 0) is 42.0 Å². The smallest absolute Gasteiger partial charge is 0.319 e. The number of aromatic nitrogens is 2. The molecule has 0 fully saturated rings. The molecule has 0 saturated heterocycles. The van der Waals surface area contributed by atoms with E-state index in [2.05, 4.69) is 32.4 Å². The molecule has 0 aliphatic heterocycles. The number of methoxy groups -OCH3 is 1. The fourth-order valence-corrected chi connectivity index (χ4v) is 3.66. The number of hydrogen-bond acceptors (Lipinski definition) is 8. The number of anilines is 2. The summed E-state index contributed by atoms with van der Waals surface area (Å²) >= 11 is 5.90. The van der Waals surface area contributed by atoms with Crippen LogP contribution < -0.4 is 25.6 Å². The molecule has 0 spiro atoms. The molecule has 11 heteroatoms. The number of benzene rings is 3. The first-order chi connectivity index (χ1) is 18.5. The molecule has 1 amide bonds. The molecular formula is C27H23ClFN5O4. The Morgan fingerprint density at radius 3 is 2.66 bits per heavy atom. The molecular weight excluding hydrogens is 513 g/mol. The highest BCUT2D eigenvalue weighted by molar-refractivity contribution is 6.31. The van der Waals surface area contributed by atoms with Gasteiger partial charge in [0.05, 0.1) is 17.6 Å². The maximum atomic E-state index is 13.5. The predicted octanol–water partition coefficient (Wildman–Crippen LogP) is 4.20. The molecule has 4 rings (SSSR count). The Morgan fingerprint density at radius 1 is 1.11 bits per heavy atom. The van der Waals surface area contributed by atoms with Crippen LogP contribution in [0.4, 0.5) is 15.9 Å². The van der Waals surface area contributed by atoms with Gasteiger partial charge in [-0.25, -0.2) is 19.8 Å². The molecule has 0 saturated carbocycles. The summed E-state index contributed by atoms with van der Waals surface area (Å²) in [5.41, 5.74) is 4.37. The summed E-state index contributed by atoms with van der Waals surface area (Å²) in [5.74, 6) is 5.20. The molecule has 0 radical (unpaired) electrons. The van der Waals surface area contributed by atoms with Crippen molar-refractivity contribution in [3.8, 4) is 23.3 Å². The highest BCUT2D eigenvalue weighted by Crippen LogP contribution is 2.35. The van der Waals surface area contributed by atoms with Gasteiger partial charge < -0.3 is 20.1 Å². The summed E-state index contributed by atoms with van der Waals surface area (Å²) < 4.78 is 25.0. The van der Waals surface area contributed by atoms with E-state index in [1.54, 1.807) is 37.4 Å². The number of fused-ring (bicyclic) bond motifs is 1. The Kier molecular flexibility index (Phi) is 8.89. The second kappa shape index (κ2) is 12.7. The van der Waals surface area contributed by atoms with Crippen LogP contribution in [0.3, 0.4) is 0 Å². The van der Waals surface area contributed by atoms with Crippen LogP contribution in [0.1, 0.15) is 11.1 Å². The van der Waals surface area contributed by atoms with Crippen molar-refractivity contribution in [2.24, 2.45) is 0 Å². The highest BCUT2D eigenvalue weighted by atomic mass is 35.5. The number of nitrogens with zero attached hydrogens (tertiary/aromatic N) is 2. The number of nitrogens with one attached hydrogen (secondary N) is 3. The van der Waals surface area contributed by atoms with Gasteiger partial charge in [0.1, 0.15) is 24.6 Å². The maximum absolute atomic E-state index is 13.5. The monoisotopic (exact) mass is 535 g/mol. The number of amides is 1. The zero-order chi connectivity index (χ0) is 26.9. The van der Waals surface area contributed by atoms with Crippen LogP contribution in [-0.4, -0.2) is 41.3 Å². The number of ether oxygens (including phenoxy) is 2. The van der Waals surface area contributed by atoms with Crippen LogP contribution in [0.15, 0.2) is 60.9 Å². The van der Waals surface area contributed by atoms with Crippen molar-refractivity contribution in [2.75, 3.05) is 25.6 Å². The van der Waals surface area contributed by atoms with E-state index < -0.39 is 11.7 Å². The number of carbonyl (C=O) groups is 1. The van der Waals surface area contributed by atoms with E-state index in [4.69, 9.17) is 26.3 Å². The third-order valence-electron chi connectivity index (χ3n) is 5.34. The molecule has 9 nitrogen and oxygen atoms in total. The summed E-state index contributed by atoms with van der Waals surface area (Å²) in [4.78, 5) is 19.6. The SMILES string of the molecule is COc1cc2ncnc(Nc3ccc(F)c(Cl)c3)c2cc1OCCNCc1ccc(C#CC(=O)NO)cc1. The van der Waals surface area contributed by atoms with Crippen LogP contribution in [0, 0.1) is 17.7 Å². The first-order valence-electron chi connectivity index (χ1n) is 11.4.